The number of carbonyl (C=O) groups excluding carboxylic acids is 1. The molecule has 22 heavy (non-hydrogen) atoms. The third kappa shape index (κ3) is 4.44. The van der Waals surface area contributed by atoms with Crippen molar-refractivity contribution in [1.29, 1.82) is 0 Å². The van der Waals surface area contributed by atoms with Gasteiger partial charge in [0.2, 0.25) is 0 Å². The zero-order valence-corrected chi connectivity index (χ0v) is 12.5. The summed E-state index contributed by atoms with van der Waals surface area (Å²) in [6, 6.07) is 4.44. The number of nitrogens with one attached hydrogen (secondary N) is 1. The van der Waals surface area contributed by atoms with E-state index in [0.29, 0.717) is 25.7 Å². The minimum absolute atomic E-state index is 0.0333. The van der Waals surface area contributed by atoms with Crippen molar-refractivity contribution in [3.05, 3.63) is 29.6 Å². The Morgan fingerprint density at radius 2 is 2.00 bits per heavy atom. The van der Waals surface area contributed by atoms with E-state index in [9.17, 15) is 14.0 Å². The number of carboxylic acid groups (broad SMARTS) is 1. The molecule has 5 nitrogen and oxygen atoms in total. The van der Waals surface area contributed by atoms with Crippen LogP contribution in [-0.2, 0) is 9.59 Å². The number of carboxylic acids is 1. The molecule has 0 atom stereocenters. The number of aliphatic carboxylic acids is 1. The summed E-state index contributed by atoms with van der Waals surface area (Å²) in [5, 5.41) is 11.7. The quantitative estimate of drug-likeness (QED) is 0.875. The molecule has 0 radical (unpaired) electrons. The molecule has 1 aromatic carbocycles. The van der Waals surface area contributed by atoms with Gasteiger partial charge in [-0.15, -0.1) is 0 Å². The van der Waals surface area contributed by atoms with Gasteiger partial charge >= 0.3 is 5.97 Å². The fourth-order valence-electron chi connectivity index (χ4n) is 2.62. The maximum absolute atomic E-state index is 13.5. The predicted molar refractivity (Wildman–Crippen MR) is 78.2 cm³/mol. The Hall–Kier alpha value is -2.11. The lowest BCUT2D eigenvalue weighted by Gasteiger charge is -2.26. The van der Waals surface area contributed by atoms with Crippen LogP contribution in [0.25, 0.3) is 0 Å². The molecule has 2 rings (SSSR count). The number of carbonyl (C=O) groups is 2. The molecule has 2 N–H and O–H groups in total. The highest BCUT2D eigenvalue weighted by molar-refractivity contribution is 5.78. The third-order valence-corrected chi connectivity index (χ3v) is 3.89. The minimum atomic E-state index is -0.775. The fraction of sp³-hybridized carbons (Fsp3) is 0.500. The average molecular weight is 309 g/mol. The normalized spacial score (nSPS) is 21.2. The summed E-state index contributed by atoms with van der Waals surface area (Å²) in [6.45, 7) is 1.56. The SMILES string of the molecule is Cc1ccc(F)c(OCC(=O)NC2CCC(C(=O)O)CC2)c1. The van der Waals surface area contributed by atoms with E-state index in [1.54, 1.807) is 12.1 Å². The topological polar surface area (TPSA) is 75.6 Å². The van der Waals surface area contributed by atoms with Gasteiger partial charge in [-0.1, -0.05) is 6.07 Å². The van der Waals surface area contributed by atoms with Gasteiger partial charge in [0.1, 0.15) is 0 Å². The summed E-state index contributed by atoms with van der Waals surface area (Å²) in [4.78, 5) is 22.7. The van der Waals surface area contributed by atoms with Gasteiger partial charge in [-0.2, -0.15) is 0 Å². The van der Waals surface area contributed by atoms with E-state index >= 15 is 0 Å². The highest BCUT2D eigenvalue weighted by Gasteiger charge is 2.26. The summed E-state index contributed by atoms with van der Waals surface area (Å²) in [5.74, 6) is -1.85. The molecule has 120 valence electrons. The van der Waals surface area contributed by atoms with Crippen molar-refractivity contribution in [3.8, 4) is 5.75 Å². The van der Waals surface area contributed by atoms with Gasteiger partial charge in [0.25, 0.3) is 5.91 Å². The maximum Gasteiger partial charge on any atom is 0.306 e. The van der Waals surface area contributed by atoms with Crippen molar-refractivity contribution in [2.75, 3.05) is 6.61 Å². The van der Waals surface area contributed by atoms with Crippen molar-refractivity contribution in [2.24, 2.45) is 5.92 Å². The largest absolute Gasteiger partial charge is 0.481 e. The zero-order valence-electron chi connectivity index (χ0n) is 12.5. The van der Waals surface area contributed by atoms with Crippen molar-refractivity contribution >= 4 is 11.9 Å². The van der Waals surface area contributed by atoms with E-state index in [2.05, 4.69) is 5.32 Å². The van der Waals surface area contributed by atoms with E-state index in [4.69, 9.17) is 9.84 Å². The highest BCUT2D eigenvalue weighted by atomic mass is 19.1. The molecule has 0 saturated heterocycles. The number of amides is 1. The Kier molecular flexibility index (Phi) is 5.35. The van der Waals surface area contributed by atoms with Crippen LogP contribution in [0.4, 0.5) is 4.39 Å². The molecule has 0 bridgehead atoms. The third-order valence-electron chi connectivity index (χ3n) is 3.89. The maximum atomic E-state index is 13.5. The summed E-state index contributed by atoms with van der Waals surface area (Å²) < 4.78 is 18.7. The Balaban J connectivity index is 1.77. The van der Waals surface area contributed by atoms with E-state index in [1.807, 2.05) is 6.92 Å². The molecule has 1 saturated carbocycles. The molecule has 1 aromatic rings. The van der Waals surface area contributed by atoms with Crippen LogP contribution in [0.3, 0.4) is 0 Å². The van der Waals surface area contributed by atoms with E-state index < -0.39 is 11.8 Å². The lowest BCUT2D eigenvalue weighted by Crippen LogP contribution is -2.40. The number of benzene rings is 1. The van der Waals surface area contributed by atoms with Crippen LogP contribution < -0.4 is 10.1 Å². The van der Waals surface area contributed by atoms with Crippen molar-refractivity contribution in [3.63, 3.8) is 0 Å². The summed E-state index contributed by atoms with van der Waals surface area (Å²) >= 11 is 0. The molecule has 0 spiro atoms. The molecule has 0 unspecified atom stereocenters. The number of halogens is 1. The summed E-state index contributed by atoms with van der Waals surface area (Å²) in [7, 11) is 0. The smallest absolute Gasteiger partial charge is 0.306 e. The first-order valence-electron chi connectivity index (χ1n) is 7.37. The van der Waals surface area contributed by atoms with Gasteiger partial charge in [-0.25, -0.2) is 4.39 Å². The van der Waals surface area contributed by atoms with E-state index in [-0.39, 0.29) is 30.2 Å². The van der Waals surface area contributed by atoms with E-state index in [0.717, 1.165) is 5.56 Å². The molecule has 0 aliphatic heterocycles. The molecule has 1 fully saturated rings. The Morgan fingerprint density at radius 1 is 1.32 bits per heavy atom. The molecule has 6 heteroatoms. The van der Waals surface area contributed by atoms with Crippen LogP contribution in [0.1, 0.15) is 31.2 Å². The lowest BCUT2D eigenvalue weighted by atomic mass is 9.86. The number of hydrogen-bond acceptors (Lipinski definition) is 3. The van der Waals surface area contributed by atoms with Crippen LogP contribution >= 0.6 is 0 Å². The first-order valence-corrected chi connectivity index (χ1v) is 7.37. The number of hydrogen-bond donors (Lipinski definition) is 2. The molecule has 1 aliphatic carbocycles. The van der Waals surface area contributed by atoms with Gasteiger partial charge in [0.15, 0.2) is 18.2 Å². The Labute approximate surface area is 128 Å². The van der Waals surface area contributed by atoms with Crippen molar-refractivity contribution < 1.29 is 23.8 Å². The van der Waals surface area contributed by atoms with Crippen LogP contribution in [0.2, 0.25) is 0 Å². The second-order valence-electron chi connectivity index (χ2n) is 5.68. The molecular formula is C16H20FNO4. The average Bonchev–Trinajstić information content (AvgIpc) is 2.49. The van der Waals surface area contributed by atoms with Gasteiger partial charge in [0, 0.05) is 6.04 Å². The van der Waals surface area contributed by atoms with Crippen molar-refractivity contribution in [1.82, 2.24) is 5.32 Å². The predicted octanol–water partition coefficient (Wildman–Crippen LogP) is 2.27. The van der Waals surface area contributed by atoms with Gasteiger partial charge in [-0.05, 0) is 50.3 Å². The van der Waals surface area contributed by atoms with Crippen LogP contribution in [0.5, 0.6) is 5.75 Å². The zero-order chi connectivity index (χ0) is 16.1. The monoisotopic (exact) mass is 309 g/mol. The summed E-state index contributed by atoms with van der Waals surface area (Å²) in [5.41, 5.74) is 0.851. The first-order chi connectivity index (χ1) is 10.5. The summed E-state index contributed by atoms with van der Waals surface area (Å²) in [6.07, 6.45) is 2.41. The molecule has 1 aliphatic rings. The van der Waals surface area contributed by atoms with Crippen LogP contribution in [0.15, 0.2) is 18.2 Å². The minimum Gasteiger partial charge on any atom is -0.481 e. The Bertz CT molecular complexity index is 553. The number of rotatable bonds is 5. The second-order valence-corrected chi connectivity index (χ2v) is 5.68. The van der Waals surface area contributed by atoms with Gasteiger partial charge in [0.05, 0.1) is 5.92 Å². The van der Waals surface area contributed by atoms with E-state index in [1.165, 1.54) is 6.07 Å². The molecule has 0 heterocycles. The molecule has 1 amide bonds. The standard InChI is InChI=1S/C16H20FNO4/c1-10-2-7-13(17)14(8-10)22-9-15(19)18-12-5-3-11(4-6-12)16(20)21/h2,7-8,11-12H,3-6,9H2,1H3,(H,18,19)(H,20,21). The number of ether oxygens (including phenoxy) is 1. The second kappa shape index (κ2) is 7.24. The Morgan fingerprint density at radius 3 is 2.64 bits per heavy atom. The lowest BCUT2D eigenvalue weighted by molar-refractivity contribution is -0.142. The molecule has 0 aromatic heterocycles. The highest BCUT2D eigenvalue weighted by Crippen LogP contribution is 2.24. The fourth-order valence-corrected chi connectivity index (χ4v) is 2.62. The van der Waals surface area contributed by atoms with Crippen molar-refractivity contribution in [2.45, 2.75) is 38.6 Å². The number of aryl methyl sites for hydroxylation is 1. The van der Waals surface area contributed by atoms with Gasteiger partial charge in [-0.3, -0.25) is 9.59 Å². The van der Waals surface area contributed by atoms with Crippen LogP contribution in [0, 0.1) is 18.7 Å². The first kappa shape index (κ1) is 16.3. The van der Waals surface area contributed by atoms with Crippen LogP contribution in [-0.4, -0.2) is 29.6 Å². The molecular weight excluding hydrogens is 289 g/mol. The van der Waals surface area contributed by atoms with Gasteiger partial charge < -0.3 is 15.2 Å².